The zero-order valence-electron chi connectivity index (χ0n) is 14.3. The zero-order valence-corrected chi connectivity index (χ0v) is 15.1. The molecule has 0 atom stereocenters. The molecule has 0 saturated heterocycles. The van der Waals surface area contributed by atoms with Gasteiger partial charge in [-0.2, -0.15) is 0 Å². The average molecular weight is 371 g/mol. The van der Waals surface area contributed by atoms with Gasteiger partial charge in [0.15, 0.2) is 11.7 Å². The fourth-order valence-corrected chi connectivity index (χ4v) is 3.20. The fraction of sp³-hybridized carbons (Fsp3) is 0.222. The van der Waals surface area contributed by atoms with Crippen LogP contribution >= 0.6 is 11.3 Å². The number of ether oxygens (including phenoxy) is 1. The number of thiazole rings is 1. The van der Waals surface area contributed by atoms with E-state index < -0.39 is 4.92 Å². The number of aromatic nitrogens is 1. The first-order valence-corrected chi connectivity index (χ1v) is 8.81. The second-order valence-corrected chi connectivity index (χ2v) is 7.02. The van der Waals surface area contributed by atoms with Crippen molar-refractivity contribution in [3.63, 3.8) is 0 Å². The molecule has 3 aromatic rings. The van der Waals surface area contributed by atoms with Gasteiger partial charge in [0, 0.05) is 12.1 Å². The molecule has 0 unspecified atom stereocenters. The molecule has 0 aliphatic heterocycles. The Morgan fingerprint density at radius 2 is 2.00 bits per heavy atom. The second kappa shape index (κ2) is 7.49. The molecule has 3 rings (SSSR count). The lowest BCUT2D eigenvalue weighted by atomic mass is 10.0. The Balaban J connectivity index is 1.60. The first-order valence-electron chi connectivity index (χ1n) is 8.00. The number of rotatable bonds is 6. The third kappa shape index (κ3) is 4.15. The molecule has 26 heavy (non-hydrogen) atoms. The topological polar surface area (TPSA) is 94.4 Å². The van der Waals surface area contributed by atoms with E-state index in [1.165, 1.54) is 29.0 Å². The molecule has 1 N–H and O–H groups in total. The summed E-state index contributed by atoms with van der Waals surface area (Å²) in [6, 6.07) is 12.0. The summed E-state index contributed by atoms with van der Waals surface area (Å²) < 4.78 is 6.24. The number of nitrogens with one attached hydrogen (secondary N) is 1. The molecule has 0 fully saturated rings. The quantitative estimate of drug-likeness (QED) is 0.513. The van der Waals surface area contributed by atoms with Crippen LogP contribution in [0.2, 0.25) is 0 Å². The molecular formula is C18H17N3O4S. The number of nitro groups is 1. The highest BCUT2D eigenvalue weighted by Gasteiger charge is 2.12. The van der Waals surface area contributed by atoms with Crippen LogP contribution < -0.4 is 10.1 Å². The predicted octanol–water partition coefficient (Wildman–Crippen LogP) is 4.35. The number of benzene rings is 2. The lowest BCUT2D eigenvalue weighted by molar-refractivity contribution is -0.384. The molecule has 0 aliphatic carbocycles. The van der Waals surface area contributed by atoms with Crippen LogP contribution in [0.3, 0.4) is 0 Å². The Morgan fingerprint density at radius 1 is 1.27 bits per heavy atom. The van der Waals surface area contributed by atoms with Crippen molar-refractivity contribution in [2.24, 2.45) is 0 Å². The van der Waals surface area contributed by atoms with Crippen LogP contribution in [0.25, 0.3) is 10.2 Å². The van der Waals surface area contributed by atoms with Crippen molar-refractivity contribution < 1.29 is 14.5 Å². The number of nitrogens with zero attached hydrogens (tertiary/aromatic N) is 2. The van der Waals surface area contributed by atoms with Crippen LogP contribution in [0, 0.1) is 10.1 Å². The number of hydrogen-bond acceptors (Lipinski definition) is 6. The first kappa shape index (κ1) is 17.8. The van der Waals surface area contributed by atoms with Crippen LogP contribution in [-0.2, 0) is 4.79 Å². The van der Waals surface area contributed by atoms with Crippen LogP contribution in [0.5, 0.6) is 5.75 Å². The van der Waals surface area contributed by atoms with Crippen LogP contribution in [0.4, 0.5) is 10.8 Å². The van der Waals surface area contributed by atoms with Gasteiger partial charge in [-0.25, -0.2) is 4.98 Å². The van der Waals surface area contributed by atoms with Gasteiger partial charge in [-0.1, -0.05) is 37.3 Å². The second-order valence-electron chi connectivity index (χ2n) is 5.99. The molecule has 1 heterocycles. The van der Waals surface area contributed by atoms with E-state index in [1.54, 1.807) is 6.07 Å². The summed E-state index contributed by atoms with van der Waals surface area (Å²) in [6.07, 6.45) is 0. The van der Waals surface area contributed by atoms with E-state index in [0.29, 0.717) is 22.3 Å². The number of amides is 1. The van der Waals surface area contributed by atoms with E-state index in [1.807, 2.05) is 24.3 Å². The standard InChI is InChI=1S/C18H17N3O4S/c1-11(2)12-3-6-14(7-4-12)25-10-17(22)20-18-19-15-9-13(21(23)24)5-8-16(15)26-18/h3-9,11H,10H2,1-2H3,(H,19,20,22). The van der Waals surface area contributed by atoms with E-state index >= 15 is 0 Å². The summed E-state index contributed by atoms with van der Waals surface area (Å²) in [7, 11) is 0. The van der Waals surface area contributed by atoms with Gasteiger partial charge in [0.1, 0.15) is 5.75 Å². The van der Waals surface area contributed by atoms with E-state index in [4.69, 9.17) is 4.74 Å². The van der Waals surface area contributed by atoms with Crippen molar-refractivity contribution in [3.05, 3.63) is 58.1 Å². The fourth-order valence-electron chi connectivity index (χ4n) is 2.34. The van der Waals surface area contributed by atoms with Crippen molar-refractivity contribution in [1.82, 2.24) is 4.98 Å². The van der Waals surface area contributed by atoms with Crippen molar-refractivity contribution in [1.29, 1.82) is 0 Å². The maximum Gasteiger partial charge on any atom is 0.271 e. The highest BCUT2D eigenvalue weighted by molar-refractivity contribution is 7.22. The van der Waals surface area contributed by atoms with Crippen molar-refractivity contribution in [3.8, 4) is 5.75 Å². The summed E-state index contributed by atoms with van der Waals surface area (Å²) in [5.74, 6) is 0.707. The molecule has 7 nitrogen and oxygen atoms in total. The monoisotopic (exact) mass is 371 g/mol. The minimum absolute atomic E-state index is 0.0335. The minimum atomic E-state index is -0.477. The molecule has 0 spiro atoms. The normalized spacial score (nSPS) is 10.9. The van der Waals surface area contributed by atoms with Gasteiger partial charge in [-0.05, 0) is 29.7 Å². The molecule has 0 bridgehead atoms. The van der Waals surface area contributed by atoms with Crippen LogP contribution in [0.1, 0.15) is 25.3 Å². The lowest BCUT2D eigenvalue weighted by Crippen LogP contribution is -2.20. The number of carbonyl (C=O) groups excluding carboxylic acids is 1. The Kier molecular flexibility index (Phi) is 5.13. The van der Waals surface area contributed by atoms with E-state index in [0.717, 1.165) is 4.70 Å². The number of non-ortho nitro benzene ring substituents is 1. The minimum Gasteiger partial charge on any atom is -0.484 e. The van der Waals surface area contributed by atoms with Gasteiger partial charge in [0.25, 0.3) is 11.6 Å². The molecule has 8 heteroatoms. The molecule has 2 aromatic carbocycles. The average Bonchev–Trinajstić information content (AvgIpc) is 3.01. The molecule has 134 valence electrons. The Bertz CT molecular complexity index is 951. The van der Waals surface area contributed by atoms with Crippen molar-refractivity contribution in [2.45, 2.75) is 19.8 Å². The Morgan fingerprint density at radius 3 is 2.65 bits per heavy atom. The van der Waals surface area contributed by atoms with E-state index in [2.05, 4.69) is 24.1 Å². The summed E-state index contributed by atoms with van der Waals surface area (Å²) in [4.78, 5) is 26.6. The highest BCUT2D eigenvalue weighted by atomic mass is 32.1. The van der Waals surface area contributed by atoms with E-state index in [-0.39, 0.29) is 18.2 Å². The van der Waals surface area contributed by atoms with Gasteiger partial charge in [0.2, 0.25) is 0 Å². The predicted molar refractivity (Wildman–Crippen MR) is 101 cm³/mol. The maximum atomic E-state index is 12.0. The third-order valence-electron chi connectivity index (χ3n) is 3.75. The zero-order chi connectivity index (χ0) is 18.7. The molecule has 0 radical (unpaired) electrons. The van der Waals surface area contributed by atoms with Gasteiger partial charge in [-0.15, -0.1) is 0 Å². The first-order chi connectivity index (χ1) is 12.4. The molecule has 1 aromatic heterocycles. The van der Waals surface area contributed by atoms with Gasteiger partial charge in [0.05, 0.1) is 15.1 Å². The number of nitro benzene ring substituents is 1. The third-order valence-corrected chi connectivity index (χ3v) is 4.70. The summed E-state index contributed by atoms with van der Waals surface area (Å²) in [6.45, 7) is 4.07. The molecule has 0 aliphatic rings. The van der Waals surface area contributed by atoms with Crippen LogP contribution in [0.15, 0.2) is 42.5 Å². The van der Waals surface area contributed by atoms with E-state index in [9.17, 15) is 14.9 Å². The van der Waals surface area contributed by atoms with Crippen LogP contribution in [-0.4, -0.2) is 22.4 Å². The lowest BCUT2D eigenvalue weighted by Gasteiger charge is -2.08. The van der Waals surface area contributed by atoms with Crippen molar-refractivity contribution in [2.75, 3.05) is 11.9 Å². The smallest absolute Gasteiger partial charge is 0.271 e. The maximum absolute atomic E-state index is 12.0. The summed E-state index contributed by atoms with van der Waals surface area (Å²) >= 11 is 1.25. The Labute approximate surface area is 153 Å². The van der Waals surface area contributed by atoms with Gasteiger partial charge < -0.3 is 4.74 Å². The number of anilines is 1. The largest absolute Gasteiger partial charge is 0.484 e. The number of fused-ring (bicyclic) bond motifs is 1. The summed E-state index contributed by atoms with van der Waals surface area (Å²) in [5.41, 5.74) is 1.64. The van der Waals surface area contributed by atoms with Gasteiger partial charge in [-0.3, -0.25) is 20.2 Å². The number of hydrogen-bond donors (Lipinski definition) is 1. The summed E-state index contributed by atoms with van der Waals surface area (Å²) in [5, 5.41) is 13.8. The number of carbonyl (C=O) groups is 1. The Hall–Kier alpha value is -3.00. The molecule has 1 amide bonds. The molecular weight excluding hydrogens is 354 g/mol. The molecule has 0 saturated carbocycles. The highest BCUT2D eigenvalue weighted by Crippen LogP contribution is 2.28. The SMILES string of the molecule is CC(C)c1ccc(OCC(=O)Nc2nc3cc([N+](=O)[O-])ccc3s2)cc1. The van der Waals surface area contributed by atoms with Gasteiger partial charge >= 0.3 is 0 Å². The van der Waals surface area contributed by atoms with Crippen molar-refractivity contribution >= 4 is 38.3 Å².